The number of amides is 1. The Hall–Kier alpha value is -1.53. The van der Waals surface area contributed by atoms with Gasteiger partial charge in [0.05, 0.1) is 12.3 Å². The molecular weight excluding hydrogens is 300 g/mol. The van der Waals surface area contributed by atoms with Gasteiger partial charge in [0, 0.05) is 13.0 Å². The first-order valence-corrected chi connectivity index (χ1v) is 8.41. The summed E-state index contributed by atoms with van der Waals surface area (Å²) in [5, 5.41) is 0. The Morgan fingerprint density at radius 3 is 2.68 bits per heavy atom. The van der Waals surface area contributed by atoms with E-state index in [1.54, 1.807) is 4.90 Å². The molecule has 0 aliphatic carbocycles. The quantitative estimate of drug-likeness (QED) is 0.804. The van der Waals surface area contributed by atoms with Crippen LogP contribution in [0.15, 0.2) is 34.7 Å². The summed E-state index contributed by atoms with van der Waals surface area (Å²) < 4.78 is 21.1. The molecule has 1 atom stereocenters. The van der Waals surface area contributed by atoms with Crippen molar-refractivity contribution in [1.29, 1.82) is 0 Å². The molecule has 6 heteroatoms. The van der Waals surface area contributed by atoms with Gasteiger partial charge in [0.15, 0.2) is 0 Å². The first-order chi connectivity index (χ1) is 10.4. The lowest BCUT2D eigenvalue weighted by atomic mass is 10.2. The van der Waals surface area contributed by atoms with Crippen LogP contribution in [0.4, 0.5) is 4.79 Å². The van der Waals surface area contributed by atoms with Crippen molar-refractivity contribution in [2.45, 2.75) is 38.5 Å². The van der Waals surface area contributed by atoms with Crippen LogP contribution in [-0.4, -0.2) is 39.1 Å². The molecule has 2 rings (SSSR count). The van der Waals surface area contributed by atoms with Crippen LogP contribution >= 0.6 is 0 Å². The molecule has 0 spiro atoms. The van der Waals surface area contributed by atoms with Gasteiger partial charge in [-0.05, 0) is 26.3 Å². The zero-order valence-electron chi connectivity index (χ0n) is 13.2. The third-order valence-corrected chi connectivity index (χ3v) is 4.71. The lowest BCUT2D eigenvalue weighted by molar-refractivity contribution is 0.105. The van der Waals surface area contributed by atoms with Crippen LogP contribution in [0.25, 0.3) is 0 Å². The maximum atomic E-state index is 12.0. The molecule has 1 saturated heterocycles. The normalized spacial score (nSPS) is 18.5. The van der Waals surface area contributed by atoms with Crippen LogP contribution < -0.4 is 0 Å². The number of nitrogens with zero attached hydrogens (tertiary/aromatic N) is 2. The van der Waals surface area contributed by atoms with Crippen LogP contribution in [-0.2, 0) is 22.7 Å². The molecule has 1 fully saturated rings. The van der Waals surface area contributed by atoms with Crippen molar-refractivity contribution >= 4 is 23.2 Å². The van der Waals surface area contributed by atoms with Gasteiger partial charge in [0.2, 0.25) is 0 Å². The average molecular weight is 322 g/mol. The average Bonchev–Trinajstić information content (AvgIpc) is 2.93. The molecule has 0 aromatic heterocycles. The molecule has 5 nitrogen and oxygen atoms in total. The molecule has 1 aromatic carbocycles. The van der Waals surface area contributed by atoms with Crippen molar-refractivity contribution in [2.75, 3.05) is 13.1 Å². The second-order valence-electron chi connectivity index (χ2n) is 6.23. The molecule has 1 unspecified atom stereocenters. The van der Waals surface area contributed by atoms with E-state index in [0.717, 1.165) is 11.3 Å². The summed E-state index contributed by atoms with van der Waals surface area (Å²) in [6.07, 6.45) is 0.304. The van der Waals surface area contributed by atoms with Crippen LogP contribution in [0.1, 0.15) is 32.8 Å². The van der Waals surface area contributed by atoms with E-state index in [1.807, 2.05) is 51.1 Å². The number of carbonyl (C=O) groups excluding carboxylic acids is 1. The van der Waals surface area contributed by atoms with Gasteiger partial charge < -0.3 is 14.2 Å². The largest absolute Gasteiger partial charge is 0.591 e. The number of rotatable bonds is 3. The molecule has 22 heavy (non-hydrogen) atoms. The van der Waals surface area contributed by atoms with E-state index in [2.05, 4.69) is 4.40 Å². The zero-order chi connectivity index (χ0) is 16.2. The van der Waals surface area contributed by atoms with E-state index >= 15 is 0 Å². The fourth-order valence-electron chi connectivity index (χ4n) is 1.94. The first kappa shape index (κ1) is 16.8. The molecule has 1 aliphatic heterocycles. The summed E-state index contributed by atoms with van der Waals surface area (Å²) in [6.45, 7) is 6.87. The van der Waals surface area contributed by atoms with Gasteiger partial charge in [-0.3, -0.25) is 0 Å². The van der Waals surface area contributed by atoms with Crippen LogP contribution in [0, 0.1) is 0 Å². The Bertz CT molecular complexity index is 540. The Morgan fingerprint density at radius 1 is 1.36 bits per heavy atom. The second kappa shape index (κ2) is 7.15. The molecule has 0 bridgehead atoms. The predicted molar refractivity (Wildman–Crippen MR) is 88.1 cm³/mol. The smallest absolute Gasteiger partial charge is 0.410 e. The fourth-order valence-corrected chi connectivity index (χ4v) is 2.59. The van der Waals surface area contributed by atoms with Crippen LogP contribution in [0.5, 0.6) is 0 Å². The van der Waals surface area contributed by atoms with Gasteiger partial charge >= 0.3 is 6.09 Å². The standard InChI is InChI=1S/C16H22N2O3S/c1-16(2,3)22(20)17-14-9-10-18(11-14)15(19)21-12-13-7-5-4-6-8-13/h4-8H,9-12H2,1-3H3. The van der Waals surface area contributed by atoms with E-state index in [9.17, 15) is 9.35 Å². The SMILES string of the molecule is CC(C)(C)[S+]([O-])N=C1CCN(C(=O)OCc2ccccc2)C1. The van der Waals surface area contributed by atoms with Crippen molar-refractivity contribution in [3.05, 3.63) is 35.9 Å². The number of benzene rings is 1. The number of ether oxygens (including phenoxy) is 1. The molecule has 1 aromatic rings. The van der Waals surface area contributed by atoms with Gasteiger partial charge in [0.1, 0.15) is 22.7 Å². The first-order valence-electron chi connectivity index (χ1n) is 7.30. The molecule has 0 N–H and O–H groups in total. The lowest BCUT2D eigenvalue weighted by Crippen LogP contribution is -2.30. The number of hydrogen-bond donors (Lipinski definition) is 0. The summed E-state index contributed by atoms with van der Waals surface area (Å²) in [5.41, 5.74) is 1.75. The van der Waals surface area contributed by atoms with Crippen molar-refractivity contribution in [3.8, 4) is 0 Å². The summed E-state index contributed by atoms with van der Waals surface area (Å²) in [4.78, 5) is 13.6. The van der Waals surface area contributed by atoms with Crippen LogP contribution in [0.3, 0.4) is 0 Å². The Morgan fingerprint density at radius 2 is 2.05 bits per heavy atom. The summed E-state index contributed by atoms with van der Waals surface area (Å²) in [5.74, 6) is 0. The van der Waals surface area contributed by atoms with Gasteiger partial charge in [-0.1, -0.05) is 34.7 Å². The molecule has 0 saturated carbocycles. The summed E-state index contributed by atoms with van der Waals surface area (Å²) >= 11 is -1.28. The maximum Gasteiger partial charge on any atom is 0.410 e. The second-order valence-corrected chi connectivity index (χ2v) is 8.14. The van der Waals surface area contributed by atoms with Crippen LogP contribution in [0.2, 0.25) is 0 Å². The maximum absolute atomic E-state index is 12.0. The van der Waals surface area contributed by atoms with Gasteiger partial charge in [0.25, 0.3) is 0 Å². The van der Waals surface area contributed by atoms with Crippen molar-refractivity contribution in [2.24, 2.45) is 4.40 Å². The summed E-state index contributed by atoms with van der Waals surface area (Å²) in [6, 6.07) is 9.56. The molecule has 0 radical (unpaired) electrons. The minimum absolute atomic E-state index is 0.260. The Balaban J connectivity index is 1.85. The van der Waals surface area contributed by atoms with Crippen molar-refractivity contribution < 1.29 is 14.1 Å². The highest BCUT2D eigenvalue weighted by atomic mass is 32.2. The monoisotopic (exact) mass is 322 g/mol. The lowest BCUT2D eigenvalue weighted by Gasteiger charge is -2.18. The topological polar surface area (TPSA) is 65.0 Å². The highest BCUT2D eigenvalue weighted by Crippen LogP contribution is 2.19. The molecule has 120 valence electrons. The minimum Gasteiger partial charge on any atom is -0.591 e. The summed E-state index contributed by atoms with van der Waals surface area (Å²) in [7, 11) is 0. The molecule has 1 aliphatic rings. The number of carbonyl (C=O) groups is 1. The third-order valence-electron chi connectivity index (χ3n) is 3.24. The highest BCUT2D eigenvalue weighted by Gasteiger charge is 2.30. The number of likely N-dealkylation sites (tertiary alicyclic amines) is 1. The van der Waals surface area contributed by atoms with Gasteiger partial charge in [-0.25, -0.2) is 4.79 Å². The highest BCUT2D eigenvalue weighted by molar-refractivity contribution is 7.91. The van der Waals surface area contributed by atoms with E-state index < -0.39 is 11.4 Å². The zero-order valence-corrected chi connectivity index (χ0v) is 14.1. The van der Waals surface area contributed by atoms with E-state index in [-0.39, 0.29) is 17.4 Å². The Labute approximate surface area is 134 Å². The van der Waals surface area contributed by atoms with Crippen molar-refractivity contribution in [3.63, 3.8) is 0 Å². The van der Waals surface area contributed by atoms with E-state index in [4.69, 9.17) is 4.74 Å². The number of hydrogen-bond acceptors (Lipinski definition) is 4. The molecule has 1 amide bonds. The fraction of sp³-hybridized carbons (Fsp3) is 0.500. The molecule has 1 heterocycles. The van der Waals surface area contributed by atoms with Crippen molar-refractivity contribution in [1.82, 2.24) is 4.90 Å². The van der Waals surface area contributed by atoms with Gasteiger partial charge in [-0.15, -0.1) is 0 Å². The van der Waals surface area contributed by atoms with E-state index in [0.29, 0.717) is 19.5 Å². The minimum atomic E-state index is -1.28. The van der Waals surface area contributed by atoms with E-state index in [1.165, 1.54) is 0 Å². The third kappa shape index (κ3) is 4.74. The van der Waals surface area contributed by atoms with Gasteiger partial charge in [-0.2, -0.15) is 0 Å². The Kier molecular flexibility index (Phi) is 5.47. The predicted octanol–water partition coefficient (Wildman–Crippen LogP) is 2.93. The molecular formula is C16H22N2O3S.